The van der Waals surface area contributed by atoms with Crippen LogP contribution < -0.4 is 15.5 Å². The van der Waals surface area contributed by atoms with E-state index in [1.165, 1.54) is 26.0 Å². The minimum Gasteiger partial charge on any atom is -0.491 e. The molecule has 182 valence electrons. The van der Waals surface area contributed by atoms with Crippen LogP contribution in [-0.4, -0.2) is 23.9 Å². The van der Waals surface area contributed by atoms with Gasteiger partial charge < -0.3 is 14.6 Å². The molecule has 0 bridgehead atoms. The number of ether oxygens (including phenoxy) is 1. The zero-order valence-electron chi connectivity index (χ0n) is 19.5. The van der Waals surface area contributed by atoms with Gasteiger partial charge in [-0.3, -0.25) is 14.4 Å². The number of benzene rings is 1. The average molecular weight is 473 g/mol. The van der Waals surface area contributed by atoms with Gasteiger partial charge in [0.05, 0.1) is 7.11 Å². The van der Waals surface area contributed by atoms with Crippen molar-refractivity contribution in [1.82, 2.24) is 9.88 Å². The molecular weight excluding hydrogens is 442 g/mol. The maximum atomic E-state index is 14.1. The SMILES string of the molecule is COc1c(C=O)n2c(c(C(=O)NCc3ccc(F)cc3F)c1=O)C(C1CCCCCC1)C[C@H]2C. The molecule has 2 heterocycles. The molecule has 8 heteroatoms. The quantitative estimate of drug-likeness (QED) is 0.479. The van der Waals surface area contributed by atoms with E-state index in [2.05, 4.69) is 5.32 Å². The number of halogens is 2. The summed E-state index contributed by atoms with van der Waals surface area (Å²) in [5.74, 6) is -2.02. The molecule has 1 aromatic heterocycles. The zero-order chi connectivity index (χ0) is 24.4. The number of amides is 1. The molecule has 2 atom stereocenters. The number of carbonyl (C=O) groups excluding carboxylic acids is 2. The third kappa shape index (κ3) is 4.38. The van der Waals surface area contributed by atoms with E-state index in [4.69, 9.17) is 4.74 Å². The number of rotatable bonds is 6. The van der Waals surface area contributed by atoms with Gasteiger partial charge in [0.2, 0.25) is 5.43 Å². The molecule has 1 unspecified atom stereocenters. The maximum Gasteiger partial charge on any atom is 0.257 e. The zero-order valence-corrected chi connectivity index (χ0v) is 19.5. The summed E-state index contributed by atoms with van der Waals surface area (Å²) in [7, 11) is 1.30. The van der Waals surface area contributed by atoms with E-state index < -0.39 is 23.0 Å². The predicted octanol–water partition coefficient (Wildman–Crippen LogP) is 4.90. The predicted molar refractivity (Wildman–Crippen MR) is 123 cm³/mol. The van der Waals surface area contributed by atoms with E-state index in [0.717, 1.165) is 44.2 Å². The molecule has 2 aliphatic rings. The summed E-state index contributed by atoms with van der Waals surface area (Å²) in [5, 5.41) is 2.63. The van der Waals surface area contributed by atoms with Crippen molar-refractivity contribution in [2.75, 3.05) is 7.11 Å². The Balaban J connectivity index is 1.79. The second kappa shape index (κ2) is 10.1. The van der Waals surface area contributed by atoms with Crippen molar-refractivity contribution in [3.63, 3.8) is 0 Å². The first kappa shape index (κ1) is 24.1. The second-order valence-electron chi connectivity index (χ2n) is 9.36. The van der Waals surface area contributed by atoms with Crippen molar-refractivity contribution in [1.29, 1.82) is 0 Å². The van der Waals surface area contributed by atoms with Crippen LogP contribution in [0.3, 0.4) is 0 Å². The molecular formula is C26H30F2N2O4. The van der Waals surface area contributed by atoms with Crippen molar-refractivity contribution in [3.8, 4) is 5.75 Å². The normalized spacial score (nSPS) is 20.5. The van der Waals surface area contributed by atoms with E-state index in [-0.39, 0.29) is 41.1 Å². The van der Waals surface area contributed by atoms with Gasteiger partial charge in [-0.15, -0.1) is 0 Å². The summed E-state index contributed by atoms with van der Waals surface area (Å²) in [6.07, 6.45) is 7.90. The van der Waals surface area contributed by atoms with E-state index in [1.54, 1.807) is 4.57 Å². The van der Waals surface area contributed by atoms with Gasteiger partial charge in [-0.1, -0.05) is 31.7 Å². The van der Waals surface area contributed by atoms with Crippen LogP contribution in [0.5, 0.6) is 5.75 Å². The number of hydrogen-bond acceptors (Lipinski definition) is 4. The lowest BCUT2D eigenvalue weighted by atomic mass is 9.81. The first-order valence-corrected chi connectivity index (χ1v) is 11.9. The summed E-state index contributed by atoms with van der Waals surface area (Å²) in [5.41, 5.74) is 0.137. The van der Waals surface area contributed by atoms with Crippen LogP contribution in [0.2, 0.25) is 0 Å². The van der Waals surface area contributed by atoms with Crippen LogP contribution >= 0.6 is 0 Å². The minimum atomic E-state index is -0.777. The largest absolute Gasteiger partial charge is 0.491 e. The Morgan fingerprint density at radius 1 is 1.21 bits per heavy atom. The number of methoxy groups -OCH3 is 1. The molecule has 1 aliphatic carbocycles. The summed E-state index contributed by atoms with van der Waals surface area (Å²) >= 11 is 0. The van der Waals surface area contributed by atoms with Crippen LogP contribution in [0.1, 0.15) is 95.9 Å². The first-order chi connectivity index (χ1) is 16.4. The fraction of sp³-hybridized carbons (Fsp3) is 0.500. The smallest absolute Gasteiger partial charge is 0.257 e. The van der Waals surface area contributed by atoms with Gasteiger partial charge in [0.1, 0.15) is 22.9 Å². The topological polar surface area (TPSA) is 77.4 Å². The maximum absolute atomic E-state index is 14.1. The lowest BCUT2D eigenvalue weighted by molar-refractivity contribution is 0.0945. The molecule has 1 saturated carbocycles. The van der Waals surface area contributed by atoms with Crippen molar-refractivity contribution in [2.45, 2.75) is 70.4 Å². The molecule has 0 saturated heterocycles. The Labute approximate surface area is 197 Å². The number of fused-ring (bicyclic) bond motifs is 1. The number of aldehydes is 1. The molecule has 2 aromatic rings. The van der Waals surface area contributed by atoms with Crippen molar-refractivity contribution in [2.24, 2.45) is 5.92 Å². The highest BCUT2D eigenvalue weighted by Crippen LogP contribution is 2.47. The van der Waals surface area contributed by atoms with Gasteiger partial charge in [-0.05, 0) is 38.2 Å². The minimum absolute atomic E-state index is 0.0336. The van der Waals surface area contributed by atoms with Gasteiger partial charge in [0.15, 0.2) is 12.0 Å². The summed E-state index contributed by atoms with van der Waals surface area (Å²) < 4.78 is 34.4. The molecule has 4 rings (SSSR count). The van der Waals surface area contributed by atoms with Crippen LogP contribution in [0.25, 0.3) is 0 Å². The number of nitrogens with zero attached hydrogens (tertiary/aromatic N) is 1. The third-order valence-electron chi connectivity index (χ3n) is 7.29. The molecule has 0 radical (unpaired) electrons. The molecule has 6 nitrogen and oxygen atoms in total. The Kier molecular flexibility index (Phi) is 7.14. The van der Waals surface area contributed by atoms with Gasteiger partial charge in [0, 0.05) is 35.8 Å². The molecule has 34 heavy (non-hydrogen) atoms. The second-order valence-corrected chi connectivity index (χ2v) is 9.36. The van der Waals surface area contributed by atoms with Crippen molar-refractivity contribution < 1.29 is 23.1 Å². The lowest BCUT2D eigenvalue weighted by Gasteiger charge is -2.25. The molecule has 1 aliphatic heterocycles. The van der Waals surface area contributed by atoms with Crippen LogP contribution in [0.15, 0.2) is 23.0 Å². The van der Waals surface area contributed by atoms with Gasteiger partial charge in [-0.2, -0.15) is 0 Å². The van der Waals surface area contributed by atoms with E-state index >= 15 is 0 Å². The number of carbonyl (C=O) groups is 2. The summed E-state index contributed by atoms with van der Waals surface area (Å²) in [6.45, 7) is 1.78. The van der Waals surface area contributed by atoms with Gasteiger partial charge in [0.25, 0.3) is 5.91 Å². The summed E-state index contributed by atoms with van der Waals surface area (Å²) in [6, 6.07) is 3.04. The lowest BCUT2D eigenvalue weighted by Crippen LogP contribution is -2.34. The molecule has 1 aromatic carbocycles. The summed E-state index contributed by atoms with van der Waals surface area (Å²) in [4.78, 5) is 38.8. The van der Waals surface area contributed by atoms with Gasteiger partial charge in [-0.25, -0.2) is 8.78 Å². The number of pyridine rings is 1. The Morgan fingerprint density at radius 3 is 2.53 bits per heavy atom. The molecule has 1 amide bonds. The van der Waals surface area contributed by atoms with Gasteiger partial charge >= 0.3 is 0 Å². The van der Waals surface area contributed by atoms with Crippen LogP contribution in [-0.2, 0) is 6.54 Å². The van der Waals surface area contributed by atoms with E-state index in [0.29, 0.717) is 17.9 Å². The number of nitrogens with one attached hydrogen (secondary N) is 1. The molecule has 1 fully saturated rings. The fourth-order valence-electron chi connectivity index (χ4n) is 5.71. The van der Waals surface area contributed by atoms with E-state index in [1.807, 2.05) is 6.92 Å². The van der Waals surface area contributed by atoms with Crippen molar-refractivity contribution in [3.05, 3.63) is 62.6 Å². The number of hydrogen-bond donors (Lipinski definition) is 1. The highest BCUT2D eigenvalue weighted by molar-refractivity contribution is 5.97. The Hall–Kier alpha value is -3.03. The highest BCUT2D eigenvalue weighted by atomic mass is 19.1. The fourth-order valence-corrected chi connectivity index (χ4v) is 5.71. The van der Waals surface area contributed by atoms with Crippen molar-refractivity contribution >= 4 is 12.2 Å². The van der Waals surface area contributed by atoms with E-state index in [9.17, 15) is 23.2 Å². The Bertz CT molecular complexity index is 1150. The van der Waals surface area contributed by atoms with Crippen LogP contribution in [0, 0.1) is 17.6 Å². The third-order valence-corrected chi connectivity index (χ3v) is 7.29. The molecule has 0 spiro atoms. The number of aromatic nitrogens is 1. The Morgan fingerprint density at radius 2 is 1.91 bits per heavy atom. The average Bonchev–Trinajstić information content (AvgIpc) is 2.98. The standard InChI is InChI=1S/C26H30F2N2O4/c1-15-11-19(16-7-5-3-4-6-8-16)23-22(24(32)25(34-2)21(14-31)30(15)23)26(33)29-13-17-9-10-18(27)12-20(17)28/h9-10,12,14-16,19H,3-8,11,13H2,1-2H3,(H,29,33)/t15-,19?/m1/s1. The molecule has 1 N–H and O–H groups in total. The highest BCUT2D eigenvalue weighted by Gasteiger charge is 2.41. The monoisotopic (exact) mass is 472 g/mol. The first-order valence-electron chi connectivity index (χ1n) is 11.9. The van der Waals surface area contributed by atoms with Crippen LogP contribution in [0.4, 0.5) is 8.78 Å².